The van der Waals surface area contributed by atoms with E-state index >= 15 is 0 Å². The summed E-state index contributed by atoms with van der Waals surface area (Å²) in [7, 11) is 0. The van der Waals surface area contributed by atoms with Crippen molar-refractivity contribution >= 4 is 0 Å². The van der Waals surface area contributed by atoms with E-state index in [2.05, 4.69) is 0 Å². The Kier molecular flexibility index (Phi) is 2.21. The van der Waals surface area contributed by atoms with Crippen molar-refractivity contribution in [1.29, 1.82) is 0 Å². The van der Waals surface area contributed by atoms with Crippen molar-refractivity contribution in [3.8, 4) is 5.75 Å². The quantitative estimate of drug-likeness (QED) is 0.649. The molecule has 0 radical (unpaired) electrons. The summed E-state index contributed by atoms with van der Waals surface area (Å²) in [5.74, 6) is 0.261. The fourth-order valence-electron chi connectivity index (χ4n) is 2.20. The molecule has 0 bridgehead atoms. The molecule has 1 aliphatic rings. The minimum atomic E-state index is -0.235. The Morgan fingerprint density at radius 1 is 1.43 bits per heavy atom. The Morgan fingerprint density at radius 3 is 2.64 bits per heavy atom. The minimum Gasteiger partial charge on any atom is -0.508 e. The Hall–Kier alpha value is -1.06. The molecule has 0 spiro atoms. The van der Waals surface area contributed by atoms with Gasteiger partial charge in [0.2, 0.25) is 0 Å². The molecule has 3 nitrogen and oxygen atoms in total. The Labute approximate surface area is 83.2 Å². The lowest BCUT2D eigenvalue weighted by atomic mass is 9.63. The van der Waals surface area contributed by atoms with Gasteiger partial charge < -0.3 is 15.9 Å². The molecule has 0 atom stereocenters. The van der Waals surface area contributed by atoms with Crippen LogP contribution in [0.1, 0.15) is 18.4 Å². The van der Waals surface area contributed by atoms with E-state index in [-0.39, 0.29) is 17.3 Å². The first kappa shape index (κ1) is 9.49. The van der Waals surface area contributed by atoms with Crippen molar-refractivity contribution < 1.29 is 10.2 Å². The van der Waals surface area contributed by atoms with Gasteiger partial charge in [-0.25, -0.2) is 0 Å². The highest BCUT2D eigenvalue weighted by Crippen LogP contribution is 2.43. The third kappa shape index (κ3) is 1.38. The first-order valence-corrected chi connectivity index (χ1v) is 4.84. The maximum absolute atomic E-state index is 9.35. The van der Waals surface area contributed by atoms with Crippen molar-refractivity contribution in [3.05, 3.63) is 29.8 Å². The fraction of sp³-hybridized carbons (Fsp3) is 0.455. The van der Waals surface area contributed by atoms with Crippen LogP contribution in [0.4, 0.5) is 0 Å². The van der Waals surface area contributed by atoms with E-state index in [9.17, 15) is 10.2 Å². The van der Waals surface area contributed by atoms with Crippen LogP contribution in [0.2, 0.25) is 0 Å². The van der Waals surface area contributed by atoms with E-state index in [0.29, 0.717) is 19.4 Å². The number of aliphatic hydroxyl groups is 1. The van der Waals surface area contributed by atoms with Crippen LogP contribution in [0.25, 0.3) is 0 Å². The minimum absolute atomic E-state index is 0.113. The summed E-state index contributed by atoms with van der Waals surface area (Å²) in [6, 6.07) is 7.15. The van der Waals surface area contributed by atoms with Gasteiger partial charge in [0.15, 0.2) is 0 Å². The van der Waals surface area contributed by atoms with Gasteiger partial charge in [-0.3, -0.25) is 0 Å². The van der Waals surface area contributed by atoms with Gasteiger partial charge in [0.05, 0.1) is 6.10 Å². The zero-order chi connectivity index (χ0) is 10.2. The van der Waals surface area contributed by atoms with Crippen LogP contribution in [0.5, 0.6) is 5.75 Å². The summed E-state index contributed by atoms with van der Waals surface area (Å²) >= 11 is 0. The Morgan fingerprint density at radius 2 is 2.14 bits per heavy atom. The maximum Gasteiger partial charge on any atom is 0.115 e. The van der Waals surface area contributed by atoms with Crippen LogP contribution in [0.15, 0.2) is 24.3 Å². The molecular formula is C11H15NO2. The van der Waals surface area contributed by atoms with Crippen LogP contribution < -0.4 is 5.73 Å². The molecule has 1 aromatic rings. The summed E-state index contributed by atoms with van der Waals surface area (Å²) in [4.78, 5) is 0. The Bertz CT molecular complexity index is 332. The zero-order valence-corrected chi connectivity index (χ0v) is 7.98. The normalized spacial score (nSPS) is 31.1. The first-order valence-electron chi connectivity index (χ1n) is 4.84. The van der Waals surface area contributed by atoms with Crippen LogP contribution >= 0.6 is 0 Å². The van der Waals surface area contributed by atoms with E-state index in [1.807, 2.05) is 12.1 Å². The molecule has 0 amide bonds. The van der Waals surface area contributed by atoms with Crippen molar-refractivity contribution in [2.75, 3.05) is 6.54 Å². The van der Waals surface area contributed by atoms with Crippen molar-refractivity contribution in [3.63, 3.8) is 0 Å². The topological polar surface area (TPSA) is 66.5 Å². The lowest BCUT2D eigenvalue weighted by Gasteiger charge is -2.45. The molecule has 0 saturated heterocycles. The zero-order valence-electron chi connectivity index (χ0n) is 7.98. The van der Waals surface area contributed by atoms with Gasteiger partial charge >= 0.3 is 0 Å². The first-order chi connectivity index (χ1) is 6.66. The molecule has 2 rings (SSSR count). The van der Waals surface area contributed by atoms with Gasteiger partial charge in [0, 0.05) is 12.0 Å². The SMILES string of the molecule is NCC1(c2cccc(O)c2)CC(O)C1. The second-order valence-corrected chi connectivity index (χ2v) is 4.10. The summed E-state index contributed by atoms with van der Waals surface area (Å²) in [5, 5.41) is 18.7. The maximum atomic E-state index is 9.35. The third-order valence-corrected chi connectivity index (χ3v) is 3.10. The van der Waals surface area contributed by atoms with E-state index < -0.39 is 0 Å². The number of phenolic OH excluding ortho intramolecular Hbond substituents is 1. The van der Waals surface area contributed by atoms with E-state index in [4.69, 9.17) is 5.73 Å². The molecule has 4 N–H and O–H groups in total. The molecule has 0 heterocycles. The summed E-state index contributed by atoms with van der Waals surface area (Å²) < 4.78 is 0. The van der Waals surface area contributed by atoms with E-state index in [1.54, 1.807) is 12.1 Å². The van der Waals surface area contributed by atoms with Gasteiger partial charge in [-0.05, 0) is 30.5 Å². The molecule has 1 aliphatic carbocycles. The number of nitrogens with two attached hydrogens (primary N) is 1. The van der Waals surface area contributed by atoms with Crippen LogP contribution in [0, 0.1) is 0 Å². The van der Waals surface area contributed by atoms with Crippen LogP contribution in [0.3, 0.4) is 0 Å². The van der Waals surface area contributed by atoms with Gasteiger partial charge in [0.1, 0.15) is 5.75 Å². The molecule has 3 heteroatoms. The van der Waals surface area contributed by atoms with Crippen LogP contribution in [-0.4, -0.2) is 22.9 Å². The highest BCUT2D eigenvalue weighted by Gasteiger charge is 2.43. The smallest absolute Gasteiger partial charge is 0.115 e. The summed E-state index contributed by atoms with van der Waals surface area (Å²) in [5.41, 5.74) is 6.64. The number of benzene rings is 1. The molecule has 0 aromatic heterocycles. The Balaban J connectivity index is 2.29. The number of aromatic hydroxyl groups is 1. The lowest BCUT2D eigenvalue weighted by molar-refractivity contribution is 0.0221. The average molecular weight is 193 g/mol. The van der Waals surface area contributed by atoms with E-state index in [0.717, 1.165) is 5.56 Å². The van der Waals surface area contributed by atoms with Crippen molar-refractivity contribution in [1.82, 2.24) is 0 Å². The molecule has 14 heavy (non-hydrogen) atoms. The number of aliphatic hydroxyl groups excluding tert-OH is 1. The molecule has 0 unspecified atom stereocenters. The summed E-state index contributed by atoms with van der Waals surface area (Å²) in [6.45, 7) is 0.521. The largest absolute Gasteiger partial charge is 0.508 e. The predicted octanol–water partition coefficient (Wildman–Crippen LogP) is 0.743. The standard InChI is InChI=1S/C11H15NO2/c12-7-11(5-10(14)6-11)8-2-1-3-9(13)4-8/h1-4,10,13-14H,5-7,12H2. The van der Waals surface area contributed by atoms with Crippen molar-refractivity contribution in [2.45, 2.75) is 24.4 Å². The number of rotatable bonds is 2. The molecule has 1 aromatic carbocycles. The molecule has 0 aliphatic heterocycles. The third-order valence-electron chi connectivity index (χ3n) is 3.10. The second kappa shape index (κ2) is 3.26. The fourth-order valence-corrected chi connectivity index (χ4v) is 2.20. The summed E-state index contributed by atoms with van der Waals surface area (Å²) in [6.07, 6.45) is 1.17. The van der Waals surface area contributed by atoms with E-state index in [1.165, 1.54) is 0 Å². The molecule has 1 saturated carbocycles. The second-order valence-electron chi connectivity index (χ2n) is 4.10. The number of phenols is 1. The highest BCUT2D eigenvalue weighted by molar-refractivity contribution is 5.35. The number of hydrogen-bond acceptors (Lipinski definition) is 3. The van der Waals surface area contributed by atoms with Gasteiger partial charge in [-0.2, -0.15) is 0 Å². The average Bonchev–Trinajstić information content (AvgIpc) is 2.12. The number of hydrogen-bond donors (Lipinski definition) is 3. The van der Waals surface area contributed by atoms with Gasteiger partial charge in [-0.15, -0.1) is 0 Å². The van der Waals surface area contributed by atoms with Gasteiger partial charge in [-0.1, -0.05) is 12.1 Å². The lowest BCUT2D eigenvalue weighted by Crippen LogP contribution is -2.49. The van der Waals surface area contributed by atoms with Crippen LogP contribution in [-0.2, 0) is 5.41 Å². The molecule has 76 valence electrons. The van der Waals surface area contributed by atoms with Crippen molar-refractivity contribution in [2.24, 2.45) is 5.73 Å². The molecular weight excluding hydrogens is 178 g/mol. The predicted molar refractivity (Wildman–Crippen MR) is 54.1 cm³/mol. The highest BCUT2D eigenvalue weighted by atomic mass is 16.3. The van der Waals surface area contributed by atoms with Gasteiger partial charge in [0.25, 0.3) is 0 Å². The monoisotopic (exact) mass is 193 g/mol. The molecule has 1 fully saturated rings.